The van der Waals surface area contributed by atoms with Gasteiger partial charge in [0, 0.05) is 6.54 Å². The fraction of sp³-hybridized carbons (Fsp3) is 0.957. The number of likely N-dealkylation sites (tertiary alicyclic amines) is 1. The molecular formula is C23H46N. The van der Waals surface area contributed by atoms with Crippen LogP contribution >= 0.6 is 0 Å². The molecule has 1 nitrogen and oxygen atoms in total. The molecule has 0 aromatic heterocycles. The fourth-order valence-corrected chi connectivity index (χ4v) is 3.91. The van der Waals surface area contributed by atoms with E-state index in [0.29, 0.717) is 0 Å². The molecule has 0 bridgehead atoms. The average molecular weight is 337 g/mol. The summed E-state index contributed by atoms with van der Waals surface area (Å²) in [4.78, 5) is 2.63. The van der Waals surface area contributed by atoms with Gasteiger partial charge in [0.2, 0.25) is 0 Å². The molecule has 0 saturated carbocycles. The maximum Gasteiger partial charge on any atom is 0.00128 e. The van der Waals surface area contributed by atoms with Crippen molar-refractivity contribution in [1.82, 2.24) is 4.90 Å². The second-order valence-electron chi connectivity index (χ2n) is 8.03. The maximum atomic E-state index is 2.63. The van der Waals surface area contributed by atoms with Crippen LogP contribution < -0.4 is 0 Å². The van der Waals surface area contributed by atoms with Crippen LogP contribution in [0.1, 0.15) is 122 Å². The molecule has 0 aliphatic carbocycles. The summed E-state index contributed by atoms with van der Waals surface area (Å²) >= 11 is 0. The second kappa shape index (κ2) is 17.8. The van der Waals surface area contributed by atoms with Gasteiger partial charge in [-0.25, -0.2) is 0 Å². The molecule has 1 fully saturated rings. The molecule has 0 aromatic carbocycles. The molecule has 1 saturated heterocycles. The van der Waals surface area contributed by atoms with E-state index in [1.807, 2.05) is 0 Å². The van der Waals surface area contributed by atoms with Crippen molar-refractivity contribution < 1.29 is 0 Å². The SMILES string of the molecule is CCCCCCCCCCCCCCCCCCN1C[CH]CCC1. The highest BCUT2D eigenvalue weighted by Gasteiger charge is 2.08. The monoisotopic (exact) mass is 336 g/mol. The van der Waals surface area contributed by atoms with Gasteiger partial charge in [-0.05, 0) is 38.8 Å². The normalized spacial score (nSPS) is 15.9. The Morgan fingerprint density at radius 2 is 1.08 bits per heavy atom. The zero-order valence-electron chi connectivity index (χ0n) is 16.9. The molecule has 0 amide bonds. The van der Waals surface area contributed by atoms with E-state index in [1.165, 1.54) is 135 Å². The van der Waals surface area contributed by atoms with Crippen molar-refractivity contribution in [2.75, 3.05) is 19.6 Å². The standard InChI is InChI=1S/C23H46N/c1-2-3-4-5-6-7-8-9-10-11-12-13-14-15-16-18-21-24-22-19-17-20-23-24/h19H,2-18,20-23H2,1H3. The van der Waals surface area contributed by atoms with Crippen LogP contribution in [0, 0.1) is 6.42 Å². The molecule has 0 N–H and O–H groups in total. The number of nitrogens with zero attached hydrogens (tertiary/aromatic N) is 1. The van der Waals surface area contributed by atoms with Gasteiger partial charge >= 0.3 is 0 Å². The maximum absolute atomic E-state index is 2.63. The highest BCUT2D eigenvalue weighted by Crippen LogP contribution is 2.14. The first-order valence-corrected chi connectivity index (χ1v) is 11.5. The highest BCUT2D eigenvalue weighted by molar-refractivity contribution is 4.77. The van der Waals surface area contributed by atoms with E-state index in [1.54, 1.807) is 0 Å². The van der Waals surface area contributed by atoms with Gasteiger partial charge in [-0.3, -0.25) is 0 Å². The molecule has 0 atom stereocenters. The van der Waals surface area contributed by atoms with Crippen LogP contribution in [0.2, 0.25) is 0 Å². The number of hydrogen-bond acceptors (Lipinski definition) is 1. The van der Waals surface area contributed by atoms with E-state index in [4.69, 9.17) is 0 Å². The minimum Gasteiger partial charge on any atom is -0.303 e. The molecule has 1 heterocycles. The first-order valence-electron chi connectivity index (χ1n) is 11.5. The van der Waals surface area contributed by atoms with Gasteiger partial charge in [0.25, 0.3) is 0 Å². The number of rotatable bonds is 17. The molecule has 1 heteroatoms. The van der Waals surface area contributed by atoms with Gasteiger partial charge in [-0.2, -0.15) is 0 Å². The predicted octanol–water partition coefficient (Wildman–Crippen LogP) is 7.55. The van der Waals surface area contributed by atoms with Gasteiger partial charge in [0.1, 0.15) is 0 Å². The zero-order valence-corrected chi connectivity index (χ0v) is 16.9. The predicted molar refractivity (Wildman–Crippen MR) is 110 cm³/mol. The lowest BCUT2D eigenvalue weighted by atomic mass is 10.0. The Balaban J connectivity index is 1.66. The first kappa shape index (κ1) is 22.0. The van der Waals surface area contributed by atoms with E-state index in [-0.39, 0.29) is 0 Å². The lowest BCUT2D eigenvalue weighted by Gasteiger charge is -2.25. The molecule has 1 aliphatic heterocycles. The Morgan fingerprint density at radius 1 is 0.625 bits per heavy atom. The molecule has 1 rings (SSSR count). The molecule has 0 unspecified atom stereocenters. The number of piperidine rings is 1. The Morgan fingerprint density at radius 3 is 1.50 bits per heavy atom. The summed E-state index contributed by atoms with van der Waals surface area (Å²) in [5.74, 6) is 0. The van der Waals surface area contributed by atoms with Crippen molar-refractivity contribution in [1.29, 1.82) is 0 Å². The summed E-state index contributed by atoms with van der Waals surface area (Å²) in [6.45, 7) is 6.23. The van der Waals surface area contributed by atoms with Crippen molar-refractivity contribution in [2.45, 2.75) is 122 Å². The molecule has 143 valence electrons. The van der Waals surface area contributed by atoms with Crippen LogP contribution in [-0.2, 0) is 0 Å². The Kier molecular flexibility index (Phi) is 16.3. The topological polar surface area (TPSA) is 3.24 Å². The van der Waals surface area contributed by atoms with E-state index < -0.39 is 0 Å². The largest absolute Gasteiger partial charge is 0.303 e. The summed E-state index contributed by atoms with van der Waals surface area (Å²) in [6, 6.07) is 0. The summed E-state index contributed by atoms with van der Waals surface area (Å²) in [5.41, 5.74) is 0. The Hall–Kier alpha value is -0.0400. The second-order valence-corrected chi connectivity index (χ2v) is 8.03. The van der Waals surface area contributed by atoms with Gasteiger partial charge in [-0.15, -0.1) is 0 Å². The van der Waals surface area contributed by atoms with E-state index in [2.05, 4.69) is 18.2 Å². The molecule has 0 spiro atoms. The minimum atomic E-state index is 1.25. The molecular weight excluding hydrogens is 290 g/mol. The zero-order chi connectivity index (χ0) is 17.1. The van der Waals surface area contributed by atoms with Gasteiger partial charge in [-0.1, -0.05) is 103 Å². The third-order valence-electron chi connectivity index (χ3n) is 5.60. The van der Waals surface area contributed by atoms with Crippen LogP contribution in [0.25, 0.3) is 0 Å². The Labute approximate surface area is 154 Å². The van der Waals surface area contributed by atoms with Crippen LogP contribution in [0.15, 0.2) is 0 Å². The van der Waals surface area contributed by atoms with Crippen LogP contribution in [-0.4, -0.2) is 24.5 Å². The summed E-state index contributed by atoms with van der Waals surface area (Å²) in [6.07, 6.45) is 28.6. The van der Waals surface area contributed by atoms with Crippen LogP contribution in [0.4, 0.5) is 0 Å². The average Bonchev–Trinajstić information content (AvgIpc) is 2.62. The quantitative estimate of drug-likeness (QED) is 0.248. The highest BCUT2D eigenvalue weighted by atomic mass is 15.1. The van der Waals surface area contributed by atoms with Crippen molar-refractivity contribution in [3.8, 4) is 0 Å². The third kappa shape index (κ3) is 14.3. The third-order valence-corrected chi connectivity index (χ3v) is 5.60. The number of unbranched alkanes of at least 4 members (excludes halogenated alkanes) is 15. The number of hydrogen-bond donors (Lipinski definition) is 0. The molecule has 24 heavy (non-hydrogen) atoms. The van der Waals surface area contributed by atoms with Crippen molar-refractivity contribution in [3.05, 3.63) is 6.42 Å². The van der Waals surface area contributed by atoms with E-state index >= 15 is 0 Å². The summed E-state index contributed by atoms with van der Waals surface area (Å²) < 4.78 is 0. The smallest absolute Gasteiger partial charge is 0.00128 e. The summed E-state index contributed by atoms with van der Waals surface area (Å²) in [7, 11) is 0. The van der Waals surface area contributed by atoms with E-state index in [9.17, 15) is 0 Å². The van der Waals surface area contributed by atoms with Crippen molar-refractivity contribution in [3.63, 3.8) is 0 Å². The molecule has 1 radical (unpaired) electrons. The van der Waals surface area contributed by atoms with Crippen molar-refractivity contribution in [2.24, 2.45) is 0 Å². The molecule has 1 aliphatic rings. The summed E-state index contributed by atoms with van der Waals surface area (Å²) in [5, 5.41) is 0. The lowest BCUT2D eigenvalue weighted by Crippen LogP contribution is -2.30. The van der Waals surface area contributed by atoms with Crippen LogP contribution in [0.5, 0.6) is 0 Å². The fourth-order valence-electron chi connectivity index (χ4n) is 3.91. The van der Waals surface area contributed by atoms with Gasteiger partial charge < -0.3 is 4.90 Å². The van der Waals surface area contributed by atoms with Gasteiger partial charge in [0.15, 0.2) is 0 Å². The Bertz CT molecular complexity index is 232. The van der Waals surface area contributed by atoms with Crippen molar-refractivity contribution >= 4 is 0 Å². The van der Waals surface area contributed by atoms with Crippen LogP contribution in [0.3, 0.4) is 0 Å². The lowest BCUT2D eigenvalue weighted by molar-refractivity contribution is 0.256. The van der Waals surface area contributed by atoms with E-state index in [0.717, 1.165) is 0 Å². The van der Waals surface area contributed by atoms with Gasteiger partial charge in [0.05, 0.1) is 0 Å². The molecule has 0 aromatic rings. The first-order chi connectivity index (χ1) is 11.9. The minimum absolute atomic E-state index is 1.25.